The van der Waals surface area contributed by atoms with E-state index in [1.807, 2.05) is 6.92 Å². The molecule has 1 aliphatic rings. The van der Waals surface area contributed by atoms with E-state index in [1.165, 1.54) is 24.3 Å². The van der Waals surface area contributed by atoms with E-state index >= 15 is 0 Å². The van der Waals surface area contributed by atoms with Crippen molar-refractivity contribution in [2.24, 2.45) is 11.8 Å². The number of ketones is 1. The molecule has 1 saturated carbocycles. The fourth-order valence-electron chi connectivity index (χ4n) is 1.88. The van der Waals surface area contributed by atoms with Gasteiger partial charge < -0.3 is 5.32 Å². The van der Waals surface area contributed by atoms with Crippen LogP contribution in [0.5, 0.6) is 0 Å². The summed E-state index contributed by atoms with van der Waals surface area (Å²) in [6.07, 6.45) is 2.20. The number of carbonyl (C=O) groups excluding carboxylic acids is 2. The van der Waals surface area contributed by atoms with Gasteiger partial charge in [-0.15, -0.1) is 0 Å². The number of benzene rings is 1. The van der Waals surface area contributed by atoms with Crippen LogP contribution in [-0.2, 0) is 4.79 Å². The first kappa shape index (κ1) is 12.7. The minimum Gasteiger partial charge on any atom is -0.348 e. The summed E-state index contributed by atoms with van der Waals surface area (Å²) in [6.45, 7) is 1.86. The van der Waals surface area contributed by atoms with Crippen LogP contribution in [0.25, 0.3) is 0 Å². The zero-order valence-electron chi connectivity index (χ0n) is 10.3. The molecule has 18 heavy (non-hydrogen) atoms. The molecule has 96 valence electrons. The van der Waals surface area contributed by atoms with Crippen molar-refractivity contribution >= 4 is 11.7 Å². The molecule has 0 radical (unpaired) electrons. The fraction of sp³-hybridized carbons (Fsp3) is 0.429. The lowest BCUT2D eigenvalue weighted by Gasteiger charge is -2.10. The molecule has 1 fully saturated rings. The second-order valence-corrected chi connectivity index (χ2v) is 4.77. The van der Waals surface area contributed by atoms with Gasteiger partial charge >= 0.3 is 0 Å². The van der Waals surface area contributed by atoms with Gasteiger partial charge in [-0.05, 0) is 43.0 Å². The van der Waals surface area contributed by atoms with Crippen molar-refractivity contribution in [2.45, 2.75) is 19.8 Å². The molecule has 4 heteroatoms. The Labute approximate surface area is 105 Å². The zero-order chi connectivity index (χ0) is 13.1. The molecule has 1 aromatic carbocycles. The third kappa shape index (κ3) is 3.15. The van der Waals surface area contributed by atoms with Crippen LogP contribution in [-0.4, -0.2) is 18.2 Å². The van der Waals surface area contributed by atoms with Crippen LogP contribution in [0.3, 0.4) is 0 Å². The van der Waals surface area contributed by atoms with Crippen LogP contribution in [0.1, 0.15) is 30.1 Å². The number of nitrogens with one attached hydrogen (secondary N) is 1. The minimum atomic E-state index is -0.377. The van der Waals surface area contributed by atoms with E-state index in [1.54, 1.807) is 0 Å². The lowest BCUT2D eigenvalue weighted by Crippen LogP contribution is -2.34. The maximum atomic E-state index is 12.7. The van der Waals surface area contributed by atoms with Gasteiger partial charge in [-0.1, -0.05) is 6.92 Å². The highest BCUT2D eigenvalue weighted by Gasteiger charge is 2.32. The van der Waals surface area contributed by atoms with Crippen molar-refractivity contribution in [3.8, 4) is 0 Å². The quantitative estimate of drug-likeness (QED) is 0.813. The Bertz CT molecular complexity index is 451. The zero-order valence-corrected chi connectivity index (χ0v) is 10.3. The third-order valence-corrected chi connectivity index (χ3v) is 3.33. The van der Waals surface area contributed by atoms with Crippen molar-refractivity contribution in [1.29, 1.82) is 0 Å². The summed E-state index contributed by atoms with van der Waals surface area (Å²) < 4.78 is 12.7. The number of hydrogen-bond acceptors (Lipinski definition) is 2. The Hall–Kier alpha value is -1.71. The molecule has 1 N–H and O–H groups in total. The monoisotopic (exact) mass is 249 g/mol. The molecule has 3 nitrogen and oxygen atoms in total. The molecule has 1 unspecified atom stereocenters. The van der Waals surface area contributed by atoms with E-state index in [0.717, 1.165) is 12.8 Å². The van der Waals surface area contributed by atoms with E-state index in [4.69, 9.17) is 0 Å². The van der Waals surface area contributed by atoms with E-state index in [-0.39, 0.29) is 30.0 Å². The Balaban J connectivity index is 1.84. The van der Waals surface area contributed by atoms with Crippen molar-refractivity contribution in [1.82, 2.24) is 5.32 Å². The molecule has 1 aromatic rings. The number of hydrogen-bond donors (Lipinski definition) is 1. The largest absolute Gasteiger partial charge is 0.348 e. The first-order valence-electron chi connectivity index (χ1n) is 6.14. The molecule has 0 heterocycles. The number of rotatable bonds is 5. The predicted octanol–water partition coefficient (Wildman–Crippen LogP) is 2.17. The fourth-order valence-corrected chi connectivity index (χ4v) is 1.88. The molecule has 1 aliphatic carbocycles. The van der Waals surface area contributed by atoms with Gasteiger partial charge in [0.15, 0.2) is 5.78 Å². The Morgan fingerprint density at radius 1 is 1.33 bits per heavy atom. The van der Waals surface area contributed by atoms with Crippen LogP contribution in [0.2, 0.25) is 0 Å². The summed E-state index contributed by atoms with van der Waals surface area (Å²) in [4.78, 5) is 23.4. The minimum absolute atomic E-state index is 0.0222. The number of Topliss-reactive ketones (excluding diaryl/α,β-unsaturated/α-hetero) is 1. The molecular formula is C14H16FNO2. The van der Waals surface area contributed by atoms with Crippen LogP contribution in [0, 0.1) is 17.7 Å². The standard InChI is InChI=1S/C14H16FNO2/c1-9(10-2-3-10)14(18)16-8-13(17)11-4-6-12(15)7-5-11/h4-7,9-10H,2-3,8H2,1H3,(H,16,18). The molecule has 0 aliphatic heterocycles. The van der Waals surface area contributed by atoms with E-state index in [2.05, 4.69) is 5.32 Å². The van der Waals surface area contributed by atoms with Gasteiger partial charge in [0.2, 0.25) is 5.91 Å². The Morgan fingerprint density at radius 2 is 1.94 bits per heavy atom. The first-order chi connectivity index (χ1) is 8.58. The Kier molecular flexibility index (Phi) is 3.75. The van der Waals surface area contributed by atoms with Crippen molar-refractivity contribution in [3.63, 3.8) is 0 Å². The van der Waals surface area contributed by atoms with Crippen LogP contribution in [0.4, 0.5) is 4.39 Å². The normalized spacial score (nSPS) is 16.1. The van der Waals surface area contributed by atoms with Crippen molar-refractivity contribution in [2.75, 3.05) is 6.54 Å². The number of carbonyl (C=O) groups is 2. The topological polar surface area (TPSA) is 46.2 Å². The van der Waals surface area contributed by atoms with Gasteiger partial charge in [0.25, 0.3) is 0 Å². The molecule has 1 amide bonds. The molecule has 1 atom stereocenters. The second kappa shape index (κ2) is 5.29. The summed E-state index contributed by atoms with van der Waals surface area (Å²) in [6, 6.07) is 5.33. The van der Waals surface area contributed by atoms with Crippen molar-refractivity contribution in [3.05, 3.63) is 35.6 Å². The van der Waals surface area contributed by atoms with Gasteiger partial charge in [0.1, 0.15) is 5.82 Å². The smallest absolute Gasteiger partial charge is 0.223 e. The van der Waals surface area contributed by atoms with E-state index in [0.29, 0.717) is 11.5 Å². The maximum absolute atomic E-state index is 12.7. The Morgan fingerprint density at radius 3 is 2.50 bits per heavy atom. The third-order valence-electron chi connectivity index (χ3n) is 3.33. The van der Waals surface area contributed by atoms with E-state index < -0.39 is 0 Å². The average Bonchev–Trinajstić information content (AvgIpc) is 3.19. The highest BCUT2D eigenvalue weighted by molar-refractivity contribution is 5.99. The molecule has 2 rings (SSSR count). The first-order valence-corrected chi connectivity index (χ1v) is 6.14. The van der Waals surface area contributed by atoms with Gasteiger partial charge in [0.05, 0.1) is 6.54 Å². The summed E-state index contributed by atoms with van der Waals surface area (Å²) in [5.41, 5.74) is 0.413. The van der Waals surface area contributed by atoms with Crippen LogP contribution >= 0.6 is 0 Å². The van der Waals surface area contributed by atoms with Crippen LogP contribution < -0.4 is 5.32 Å². The molecule has 0 saturated heterocycles. The SMILES string of the molecule is CC(C(=O)NCC(=O)c1ccc(F)cc1)C1CC1. The van der Waals surface area contributed by atoms with Crippen molar-refractivity contribution < 1.29 is 14.0 Å². The highest BCUT2D eigenvalue weighted by atomic mass is 19.1. The summed E-state index contributed by atoms with van der Waals surface area (Å²) in [5, 5.41) is 2.63. The number of amides is 1. The lowest BCUT2D eigenvalue weighted by atomic mass is 10.1. The van der Waals surface area contributed by atoms with Gasteiger partial charge in [-0.3, -0.25) is 9.59 Å². The summed E-state index contributed by atoms with van der Waals surface area (Å²) in [5.74, 6) is -0.200. The van der Waals surface area contributed by atoms with Gasteiger partial charge in [-0.2, -0.15) is 0 Å². The lowest BCUT2D eigenvalue weighted by molar-refractivity contribution is -0.124. The number of halogens is 1. The average molecular weight is 249 g/mol. The summed E-state index contributed by atoms with van der Waals surface area (Å²) in [7, 11) is 0. The second-order valence-electron chi connectivity index (χ2n) is 4.77. The molecular weight excluding hydrogens is 233 g/mol. The van der Waals surface area contributed by atoms with Crippen LogP contribution in [0.15, 0.2) is 24.3 Å². The molecule has 0 bridgehead atoms. The summed E-state index contributed by atoms with van der Waals surface area (Å²) >= 11 is 0. The maximum Gasteiger partial charge on any atom is 0.223 e. The molecule has 0 spiro atoms. The predicted molar refractivity (Wildman–Crippen MR) is 65.6 cm³/mol. The highest BCUT2D eigenvalue weighted by Crippen LogP contribution is 2.36. The molecule has 0 aromatic heterocycles. The van der Waals surface area contributed by atoms with E-state index in [9.17, 15) is 14.0 Å². The van der Waals surface area contributed by atoms with Gasteiger partial charge in [-0.25, -0.2) is 4.39 Å². The van der Waals surface area contributed by atoms with Gasteiger partial charge in [0, 0.05) is 11.5 Å².